The first-order valence-electron chi connectivity index (χ1n) is 7.30. The molecule has 1 aliphatic rings. The van der Waals surface area contributed by atoms with Crippen LogP contribution in [0.4, 0.5) is 0 Å². The number of halogens is 1. The summed E-state index contributed by atoms with van der Waals surface area (Å²) in [5.74, 6) is -1.40. The molecule has 1 amide bonds. The van der Waals surface area contributed by atoms with E-state index in [0.29, 0.717) is 34.8 Å². The smallest absolute Gasteiger partial charge is 0.306 e. The number of nitrogens with one attached hydrogen (secondary N) is 1. The molecule has 0 saturated heterocycles. The van der Waals surface area contributed by atoms with E-state index in [0.717, 1.165) is 0 Å². The van der Waals surface area contributed by atoms with Crippen LogP contribution in [-0.4, -0.2) is 32.8 Å². The zero-order valence-electron chi connectivity index (χ0n) is 12.5. The number of amides is 1. The van der Waals surface area contributed by atoms with E-state index in [1.165, 1.54) is 6.20 Å². The number of carboxylic acid groups (broad SMARTS) is 1. The molecule has 0 bridgehead atoms. The summed E-state index contributed by atoms with van der Waals surface area (Å²) in [5, 5.41) is 16.5. The predicted molar refractivity (Wildman–Crippen MR) is 84.9 cm³/mol. The second kappa shape index (κ2) is 6.04. The third-order valence-corrected chi connectivity index (χ3v) is 4.48. The summed E-state index contributed by atoms with van der Waals surface area (Å²) in [7, 11) is 0. The van der Waals surface area contributed by atoms with E-state index in [1.54, 1.807) is 17.7 Å². The molecule has 7 heteroatoms. The molecule has 0 radical (unpaired) electrons. The number of hydrogen-bond acceptors (Lipinski definition) is 3. The fourth-order valence-corrected chi connectivity index (χ4v) is 2.92. The average molecular weight is 334 g/mol. The van der Waals surface area contributed by atoms with Crippen LogP contribution in [0.25, 0.3) is 5.69 Å². The van der Waals surface area contributed by atoms with Gasteiger partial charge in [0, 0.05) is 6.04 Å². The molecule has 1 fully saturated rings. The van der Waals surface area contributed by atoms with Crippen LogP contribution in [0.15, 0.2) is 30.5 Å². The zero-order valence-corrected chi connectivity index (χ0v) is 13.2. The summed E-state index contributed by atoms with van der Waals surface area (Å²) in [6, 6.07) is 7.17. The van der Waals surface area contributed by atoms with Gasteiger partial charge in [-0.1, -0.05) is 23.7 Å². The van der Waals surface area contributed by atoms with Gasteiger partial charge in [-0.15, -0.1) is 0 Å². The molecule has 2 aromatic rings. The Bertz CT molecular complexity index is 766. The highest BCUT2D eigenvalue weighted by Gasteiger charge is 2.35. The summed E-state index contributed by atoms with van der Waals surface area (Å²) in [4.78, 5) is 23.1. The van der Waals surface area contributed by atoms with Crippen molar-refractivity contribution in [2.45, 2.75) is 25.8 Å². The number of hydrogen-bond donors (Lipinski definition) is 2. The van der Waals surface area contributed by atoms with Crippen LogP contribution in [0.1, 0.15) is 28.9 Å². The summed E-state index contributed by atoms with van der Waals surface area (Å²) in [6.07, 6.45) is 2.44. The lowest BCUT2D eigenvalue weighted by atomic mass is 9.80. The van der Waals surface area contributed by atoms with Gasteiger partial charge in [-0.2, -0.15) is 5.10 Å². The molecule has 2 N–H and O–H groups in total. The summed E-state index contributed by atoms with van der Waals surface area (Å²) < 4.78 is 1.62. The van der Waals surface area contributed by atoms with Gasteiger partial charge in [0.05, 0.1) is 34.1 Å². The monoisotopic (exact) mass is 333 g/mol. The number of aromatic nitrogens is 2. The number of benzene rings is 1. The number of aliphatic carboxylic acids is 1. The van der Waals surface area contributed by atoms with Crippen molar-refractivity contribution in [1.29, 1.82) is 0 Å². The number of carboxylic acids is 1. The minimum atomic E-state index is -0.807. The van der Waals surface area contributed by atoms with Crippen LogP contribution in [0, 0.1) is 12.8 Å². The number of carbonyl (C=O) groups is 2. The highest BCUT2D eigenvalue weighted by atomic mass is 35.5. The Balaban J connectivity index is 1.74. The Labute approximate surface area is 138 Å². The minimum Gasteiger partial charge on any atom is -0.481 e. The van der Waals surface area contributed by atoms with Crippen molar-refractivity contribution in [3.05, 3.63) is 46.7 Å². The van der Waals surface area contributed by atoms with Gasteiger partial charge < -0.3 is 10.4 Å². The molecule has 1 aromatic carbocycles. The summed E-state index contributed by atoms with van der Waals surface area (Å²) in [6.45, 7) is 1.80. The van der Waals surface area contributed by atoms with E-state index >= 15 is 0 Å². The Morgan fingerprint density at radius 2 is 2.04 bits per heavy atom. The van der Waals surface area contributed by atoms with E-state index in [2.05, 4.69) is 10.4 Å². The molecule has 1 heterocycles. The molecule has 1 aliphatic carbocycles. The molecular weight excluding hydrogens is 318 g/mol. The lowest BCUT2D eigenvalue weighted by molar-refractivity contribution is -0.145. The molecule has 1 aromatic heterocycles. The van der Waals surface area contributed by atoms with Crippen LogP contribution in [-0.2, 0) is 4.79 Å². The van der Waals surface area contributed by atoms with Crippen LogP contribution in [0.3, 0.4) is 0 Å². The van der Waals surface area contributed by atoms with Crippen molar-refractivity contribution in [3.8, 4) is 5.69 Å². The normalized spacial score (nSPS) is 19.9. The third-order valence-electron chi connectivity index (χ3n) is 4.16. The Hall–Kier alpha value is -2.34. The maximum atomic E-state index is 12.3. The van der Waals surface area contributed by atoms with Crippen LogP contribution >= 0.6 is 11.6 Å². The van der Waals surface area contributed by atoms with E-state index in [-0.39, 0.29) is 17.9 Å². The fraction of sp³-hybridized carbons (Fsp3) is 0.312. The van der Waals surface area contributed by atoms with Crippen molar-refractivity contribution in [2.75, 3.05) is 0 Å². The third kappa shape index (κ3) is 2.94. The molecule has 0 unspecified atom stereocenters. The van der Waals surface area contributed by atoms with Gasteiger partial charge in [-0.05, 0) is 31.9 Å². The average Bonchev–Trinajstić information content (AvgIpc) is 2.84. The SMILES string of the molecule is Cc1c(C(=O)NC2CC(C(=O)O)C2)cnn1-c1ccccc1Cl. The van der Waals surface area contributed by atoms with Gasteiger partial charge in [0.2, 0.25) is 0 Å². The molecule has 1 saturated carbocycles. The predicted octanol–water partition coefficient (Wildman–Crippen LogP) is 2.43. The fourth-order valence-electron chi connectivity index (χ4n) is 2.70. The highest BCUT2D eigenvalue weighted by molar-refractivity contribution is 6.32. The number of rotatable bonds is 4. The van der Waals surface area contributed by atoms with Gasteiger partial charge in [0.15, 0.2) is 0 Å². The van der Waals surface area contributed by atoms with Gasteiger partial charge >= 0.3 is 5.97 Å². The lowest BCUT2D eigenvalue weighted by Gasteiger charge is -2.32. The van der Waals surface area contributed by atoms with Crippen molar-refractivity contribution in [1.82, 2.24) is 15.1 Å². The van der Waals surface area contributed by atoms with Crippen molar-refractivity contribution in [3.63, 3.8) is 0 Å². The summed E-state index contributed by atoms with van der Waals surface area (Å²) in [5.41, 5.74) is 1.86. The number of carbonyl (C=O) groups excluding carboxylic acids is 1. The van der Waals surface area contributed by atoms with Gasteiger partial charge in [-0.3, -0.25) is 9.59 Å². The topological polar surface area (TPSA) is 84.2 Å². The standard InChI is InChI=1S/C16H16ClN3O3/c1-9-12(15(21)19-11-6-10(7-11)16(22)23)8-18-20(9)14-5-3-2-4-13(14)17/h2-5,8,10-11H,6-7H2,1H3,(H,19,21)(H,22,23). The Morgan fingerprint density at radius 1 is 1.35 bits per heavy atom. The maximum Gasteiger partial charge on any atom is 0.306 e. The second-order valence-corrected chi connectivity index (χ2v) is 6.09. The number of para-hydroxylation sites is 1. The van der Waals surface area contributed by atoms with E-state index in [4.69, 9.17) is 16.7 Å². The molecule has 0 spiro atoms. The number of nitrogens with zero attached hydrogens (tertiary/aromatic N) is 2. The first-order valence-corrected chi connectivity index (χ1v) is 7.68. The molecule has 6 nitrogen and oxygen atoms in total. The highest BCUT2D eigenvalue weighted by Crippen LogP contribution is 2.28. The van der Waals surface area contributed by atoms with Crippen LogP contribution < -0.4 is 5.32 Å². The molecule has 23 heavy (non-hydrogen) atoms. The lowest BCUT2D eigenvalue weighted by Crippen LogP contribution is -2.46. The zero-order chi connectivity index (χ0) is 16.6. The largest absolute Gasteiger partial charge is 0.481 e. The molecule has 0 aliphatic heterocycles. The Kier molecular flexibility index (Phi) is 4.09. The molecule has 3 rings (SSSR count). The minimum absolute atomic E-state index is 0.0911. The summed E-state index contributed by atoms with van der Waals surface area (Å²) >= 11 is 6.16. The van der Waals surface area contributed by atoms with Gasteiger partial charge in [0.1, 0.15) is 0 Å². The molecule has 0 atom stereocenters. The van der Waals surface area contributed by atoms with E-state index in [9.17, 15) is 9.59 Å². The maximum absolute atomic E-state index is 12.3. The Morgan fingerprint density at radius 3 is 2.70 bits per heavy atom. The van der Waals surface area contributed by atoms with E-state index < -0.39 is 5.97 Å². The molecule has 120 valence electrons. The van der Waals surface area contributed by atoms with Crippen molar-refractivity contribution in [2.24, 2.45) is 5.92 Å². The molecular formula is C16H16ClN3O3. The first-order chi connectivity index (χ1) is 11.0. The van der Waals surface area contributed by atoms with E-state index in [1.807, 2.05) is 18.2 Å². The van der Waals surface area contributed by atoms with Crippen LogP contribution in [0.5, 0.6) is 0 Å². The van der Waals surface area contributed by atoms with Gasteiger partial charge in [0.25, 0.3) is 5.91 Å². The first kappa shape index (κ1) is 15.6. The second-order valence-electron chi connectivity index (χ2n) is 5.68. The quantitative estimate of drug-likeness (QED) is 0.900. The van der Waals surface area contributed by atoms with Crippen molar-refractivity contribution >= 4 is 23.5 Å². The van der Waals surface area contributed by atoms with Crippen LogP contribution in [0.2, 0.25) is 5.02 Å². The van der Waals surface area contributed by atoms with Gasteiger partial charge in [-0.25, -0.2) is 4.68 Å². The van der Waals surface area contributed by atoms with Crippen molar-refractivity contribution < 1.29 is 14.7 Å².